The molecule has 4 rings (SSSR count). The molecule has 1 aliphatic rings. The number of halogens is 1. The van der Waals surface area contributed by atoms with Crippen molar-refractivity contribution in [3.8, 4) is 0 Å². The summed E-state index contributed by atoms with van der Waals surface area (Å²) in [6, 6.07) is 3.08. The molecule has 6 nitrogen and oxygen atoms in total. The maximum absolute atomic E-state index is 13.5. The van der Waals surface area contributed by atoms with Crippen LogP contribution in [0.4, 0.5) is 10.3 Å². The number of thiophene rings is 1. The van der Waals surface area contributed by atoms with Crippen LogP contribution in [0, 0.1) is 5.82 Å². The third kappa shape index (κ3) is 4.76. The van der Waals surface area contributed by atoms with Crippen molar-refractivity contribution in [2.24, 2.45) is 0 Å². The lowest BCUT2D eigenvalue weighted by Gasteiger charge is -2.15. The van der Waals surface area contributed by atoms with E-state index in [1.807, 2.05) is 18.4 Å². The number of nitrogens with one attached hydrogen (secondary N) is 1. The lowest BCUT2D eigenvalue weighted by Crippen LogP contribution is -2.21. The standard InChI is InChI=1S/C21H24FN5OS/c1-14(15-11-16(22)13-23-12-15)24-21-25-17-6-10-29-20(17)19(26-21)18(28)5-4-9-27-7-2-3-8-27/h6,10-14H,2-5,7-9H2,1H3,(H,24,25,26)/t14-/m0/s1. The number of aromatic nitrogens is 3. The number of nitrogens with zero attached hydrogens (tertiary/aromatic N) is 4. The molecule has 1 fully saturated rings. The van der Waals surface area contributed by atoms with E-state index in [0.717, 1.165) is 36.3 Å². The van der Waals surface area contributed by atoms with Crippen LogP contribution in [-0.4, -0.2) is 45.3 Å². The van der Waals surface area contributed by atoms with E-state index in [4.69, 9.17) is 0 Å². The number of rotatable bonds is 8. The first kappa shape index (κ1) is 19.8. The fourth-order valence-corrected chi connectivity index (χ4v) is 4.49. The van der Waals surface area contributed by atoms with Crippen LogP contribution in [0.15, 0.2) is 29.9 Å². The summed E-state index contributed by atoms with van der Waals surface area (Å²) in [6.45, 7) is 5.11. The predicted molar refractivity (Wildman–Crippen MR) is 113 cm³/mol. The molecule has 3 aromatic heterocycles. The van der Waals surface area contributed by atoms with Gasteiger partial charge in [-0.05, 0) is 68.9 Å². The van der Waals surface area contributed by atoms with Gasteiger partial charge in [0.2, 0.25) is 5.95 Å². The van der Waals surface area contributed by atoms with Crippen LogP contribution in [0.5, 0.6) is 0 Å². The summed E-state index contributed by atoms with van der Waals surface area (Å²) in [5, 5.41) is 5.10. The molecule has 0 unspecified atom stereocenters. The van der Waals surface area contributed by atoms with Gasteiger partial charge < -0.3 is 10.2 Å². The van der Waals surface area contributed by atoms with E-state index in [2.05, 4.69) is 25.2 Å². The quantitative estimate of drug-likeness (QED) is 0.550. The van der Waals surface area contributed by atoms with Gasteiger partial charge >= 0.3 is 0 Å². The number of carbonyl (C=O) groups is 1. The van der Waals surface area contributed by atoms with Gasteiger partial charge in [0, 0.05) is 12.6 Å². The monoisotopic (exact) mass is 413 g/mol. The van der Waals surface area contributed by atoms with Crippen molar-refractivity contribution in [2.45, 2.75) is 38.6 Å². The zero-order valence-corrected chi connectivity index (χ0v) is 17.2. The topological polar surface area (TPSA) is 71.0 Å². The number of ketones is 1. The molecule has 0 radical (unpaired) electrons. The molecule has 8 heteroatoms. The van der Waals surface area contributed by atoms with Crippen LogP contribution >= 0.6 is 11.3 Å². The number of carbonyl (C=O) groups excluding carboxylic acids is 1. The van der Waals surface area contributed by atoms with Gasteiger partial charge in [0.05, 0.1) is 22.5 Å². The Morgan fingerprint density at radius 1 is 1.31 bits per heavy atom. The molecule has 0 amide bonds. The minimum absolute atomic E-state index is 0.0437. The molecule has 0 aromatic carbocycles. The lowest BCUT2D eigenvalue weighted by atomic mass is 10.1. The number of anilines is 1. The molecule has 0 spiro atoms. The number of fused-ring (bicyclic) bond motifs is 1. The zero-order valence-electron chi connectivity index (χ0n) is 16.4. The Kier molecular flexibility index (Phi) is 6.10. The molecule has 0 saturated carbocycles. The second-order valence-corrected chi connectivity index (χ2v) is 8.32. The molecule has 1 atom stereocenters. The van der Waals surface area contributed by atoms with Crippen molar-refractivity contribution < 1.29 is 9.18 Å². The SMILES string of the molecule is C[C@H](Nc1nc(C(=O)CCCN2CCCC2)c2sccc2n1)c1cncc(F)c1. The fourth-order valence-electron chi connectivity index (χ4n) is 3.65. The highest BCUT2D eigenvalue weighted by atomic mass is 32.1. The maximum Gasteiger partial charge on any atom is 0.224 e. The second kappa shape index (κ2) is 8.92. The van der Waals surface area contributed by atoms with E-state index in [9.17, 15) is 9.18 Å². The van der Waals surface area contributed by atoms with Gasteiger partial charge in [-0.15, -0.1) is 11.3 Å². The number of likely N-dealkylation sites (tertiary alicyclic amines) is 1. The molecule has 0 bridgehead atoms. The molecule has 1 N–H and O–H groups in total. The highest BCUT2D eigenvalue weighted by molar-refractivity contribution is 7.17. The Morgan fingerprint density at radius 3 is 2.93 bits per heavy atom. The molecule has 4 heterocycles. The Balaban J connectivity index is 1.49. The van der Waals surface area contributed by atoms with Gasteiger partial charge in [0.25, 0.3) is 0 Å². The minimum atomic E-state index is -0.390. The van der Waals surface area contributed by atoms with Gasteiger partial charge in [-0.1, -0.05) is 0 Å². The fraction of sp³-hybridized carbons (Fsp3) is 0.429. The highest BCUT2D eigenvalue weighted by Crippen LogP contribution is 2.26. The molecule has 0 aliphatic carbocycles. The third-order valence-electron chi connectivity index (χ3n) is 5.22. The first-order valence-electron chi connectivity index (χ1n) is 9.98. The summed E-state index contributed by atoms with van der Waals surface area (Å²) in [5.41, 5.74) is 1.91. The third-order valence-corrected chi connectivity index (χ3v) is 6.13. The van der Waals surface area contributed by atoms with Gasteiger partial charge in [0.15, 0.2) is 5.78 Å². The van der Waals surface area contributed by atoms with Gasteiger partial charge in [-0.2, -0.15) is 0 Å². The van der Waals surface area contributed by atoms with Crippen LogP contribution in [0.2, 0.25) is 0 Å². The number of Topliss-reactive ketones (excluding diaryl/α,β-unsaturated/α-hetero) is 1. The van der Waals surface area contributed by atoms with E-state index >= 15 is 0 Å². The van der Waals surface area contributed by atoms with Crippen molar-refractivity contribution in [1.29, 1.82) is 0 Å². The average molecular weight is 414 g/mol. The molecular formula is C21H24FN5OS. The summed E-state index contributed by atoms with van der Waals surface area (Å²) in [4.78, 5) is 28.2. The summed E-state index contributed by atoms with van der Waals surface area (Å²) in [5.74, 6) is 0.0250. The van der Waals surface area contributed by atoms with Crippen molar-refractivity contribution >= 4 is 33.3 Å². The van der Waals surface area contributed by atoms with Crippen LogP contribution in [0.1, 0.15) is 54.7 Å². The van der Waals surface area contributed by atoms with Gasteiger partial charge in [-0.25, -0.2) is 14.4 Å². The van der Waals surface area contributed by atoms with Crippen molar-refractivity contribution in [3.63, 3.8) is 0 Å². The Morgan fingerprint density at radius 2 is 2.14 bits per heavy atom. The molecule has 1 saturated heterocycles. The molecular weight excluding hydrogens is 389 g/mol. The van der Waals surface area contributed by atoms with Gasteiger partial charge in [-0.3, -0.25) is 9.78 Å². The lowest BCUT2D eigenvalue weighted by molar-refractivity contribution is 0.0973. The first-order chi connectivity index (χ1) is 14.1. The normalized spacial score (nSPS) is 15.7. The Labute approximate surface area is 173 Å². The largest absolute Gasteiger partial charge is 0.348 e. The van der Waals surface area contributed by atoms with E-state index in [-0.39, 0.29) is 17.6 Å². The van der Waals surface area contributed by atoms with Crippen LogP contribution in [0.25, 0.3) is 10.2 Å². The van der Waals surface area contributed by atoms with E-state index in [0.29, 0.717) is 23.6 Å². The molecule has 29 heavy (non-hydrogen) atoms. The van der Waals surface area contributed by atoms with Crippen LogP contribution in [0.3, 0.4) is 0 Å². The predicted octanol–water partition coefficient (Wildman–Crippen LogP) is 4.46. The molecule has 152 valence electrons. The minimum Gasteiger partial charge on any atom is -0.348 e. The second-order valence-electron chi connectivity index (χ2n) is 7.41. The summed E-state index contributed by atoms with van der Waals surface area (Å²) in [7, 11) is 0. The zero-order chi connectivity index (χ0) is 20.2. The van der Waals surface area contributed by atoms with Crippen LogP contribution < -0.4 is 5.32 Å². The Hall–Kier alpha value is -2.45. The van der Waals surface area contributed by atoms with E-state index < -0.39 is 0 Å². The summed E-state index contributed by atoms with van der Waals surface area (Å²) < 4.78 is 14.3. The number of hydrogen-bond acceptors (Lipinski definition) is 7. The maximum atomic E-state index is 13.5. The summed E-state index contributed by atoms with van der Waals surface area (Å²) >= 11 is 1.48. The summed E-state index contributed by atoms with van der Waals surface area (Å²) in [6.07, 6.45) is 6.60. The number of hydrogen-bond donors (Lipinski definition) is 1. The molecule has 1 aliphatic heterocycles. The van der Waals surface area contributed by atoms with E-state index in [1.165, 1.54) is 36.4 Å². The van der Waals surface area contributed by atoms with Crippen molar-refractivity contribution in [2.75, 3.05) is 25.0 Å². The van der Waals surface area contributed by atoms with E-state index in [1.54, 1.807) is 6.20 Å². The number of pyridine rings is 1. The smallest absolute Gasteiger partial charge is 0.224 e. The first-order valence-corrected chi connectivity index (χ1v) is 10.9. The van der Waals surface area contributed by atoms with Gasteiger partial charge in [0.1, 0.15) is 11.5 Å². The average Bonchev–Trinajstić information content (AvgIpc) is 3.39. The van der Waals surface area contributed by atoms with Crippen molar-refractivity contribution in [3.05, 3.63) is 47.0 Å². The highest BCUT2D eigenvalue weighted by Gasteiger charge is 2.18. The Bertz CT molecular complexity index is 1000. The molecule has 3 aromatic rings. The van der Waals surface area contributed by atoms with Crippen molar-refractivity contribution in [1.82, 2.24) is 19.9 Å². The van der Waals surface area contributed by atoms with Crippen LogP contribution in [-0.2, 0) is 0 Å².